The Labute approximate surface area is 181 Å². The lowest BCUT2D eigenvalue weighted by Crippen LogP contribution is -2.80. The molecule has 0 amide bonds. The highest BCUT2D eigenvalue weighted by atomic mass is 16.6. The maximum Gasteiger partial charge on any atom is 0.317 e. The lowest BCUT2D eigenvalue weighted by atomic mass is 9.42. The van der Waals surface area contributed by atoms with Gasteiger partial charge in [-0.15, -0.1) is 0 Å². The standard InChI is InChI=1S/C24H28N2O5/c1-5-15-12-26-19-10-17(15)22(21(28)29-4,13-30-14(2)27)23-11-20(26)31-24(19,23)25(3)18-9-7-6-8-16(18)23/h5-9,17,19-20H,10-13H2,1-4H3/b15-5+/t17-,19-,20-,22+,23-,24-/m0/s1. The highest BCUT2D eigenvalue weighted by Gasteiger charge is 2.88. The molecule has 5 aliphatic rings. The molecule has 1 saturated carbocycles. The minimum atomic E-state index is -1.06. The molecule has 1 spiro atoms. The second-order valence-corrected chi connectivity index (χ2v) is 9.54. The summed E-state index contributed by atoms with van der Waals surface area (Å²) >= 11 is 0. The number of piperidine rings is 2. The number of rotatable bonds is 3. The van der Waals surface area contributed by atoms with Gasteiger partial charge in [-0.2, -0.15) is 0 Å². The average Bonchev–Trinajstić information content (AvgIpc) is 3.38. The van der Waals surface area contributed by atoms with Crippen molar-refractivity contribution in [3.8, 4) is 0 Å². The summed E-state index contributed by atoms with van der Waals surface area (Å²) in [6.07, 6.45) is 3.48. The molecular formula is C24H28N2O5. The van der Waals surface area contributed by atoms with Gasteiger partial charge in [-0.25, -0.2) is 0 Å². The van der Waals surface area contributed by atoms with E-state index in [9.17, 15) is 9.59 Å². The summed E-state index contributed by atoms with van der Waals surface area (Å²) in [4.78, 5) is 30.7. The number of para-hydroxylation sites is 1. The molecule has 0 radical (unpaired) electrons. The lowest BCUT2D eigenvalue weighted by Gasteiger charge is -2.65. The molecule has 4 bridgehead atoms. The fraction of sp³-hybridized carbons (Fsp3) is 0.583. The maximum atomic E-state index is 13.9. The number of anilines is 1. The second kappa shape index (κ2) is 5.90. The monoisotopic (exact) mass is 424 g/mol. The fourth-order valence-corrected chi connectivity index (χ4v) is 7.98. The van der Waals surface area contributed by atoms with E-state index in [2.05, 4.69) is 35.1 Å². The molecule has 6 atom stereocenters. The van der Waals surface area contributed by atoms with E-state index in [1.165, 1.54) is 19.6 Å². The summed E-state index contributed by atoms with van der Waals surface area (Å²) < 4.78 is 18.1. The SMILES string of the molecule is C/C=C1\CN2[C@@H]3C[C@@]45c6ccccc6N(C)[C@]4(O3)[C@@H]2C[C@@H]1[C@]5(COC(C)=O)C(=O)OC. The zero-order valence-electron chi connectivity index (χ0n) is 18.4. The second-order valence-electron chi connectivity index (χ2n) is 9.54. The van der Waals surface area contributed by atoms with Crippen LogP contribution in [-0.4, -0.2) is 62.1 Å². The Bertz CT molecular complexity index is 1040. The van der Waals surface area contributed by atoms with Gasteiger partial charge in [-0.3, -0.25) is 14.5 Å². The topological polar surface area (TPSA) is 68.3 Å². The minimum absolute atomic E-state index is 0.0102. The van der Waals surface area contributed by atoms with E-state index >= 15 is 0 Å². The van der Waals surface area contributed by atoms with Crippen molar-refractivity contribution in [3.05, 3.63) is 41.5 Å². The van der Waals surface area contributed by atoms with E-state index in [1.807, 2.05) is 19.1 Å². The fourth-order valence-electron chi connectivity index (χ4n) is 7.98. The van der Waals surface area contributed by atoms with Gasteiger partial charge in [0.25, 0.3) is 0 Å². The third-order valence-electron chi connectivity index (χ3n) is 8.91. The van der Waals surface area contributed by atoms with Crippen LogP contribution in [0.5, 0.6) is 0 Å². The summed E-state index contributed by atoms with van der Waals surface area (Å²) in [6, 6.07) is 8.44. The molecule has 6 rings (SSSR count). The van der Waals surface area contributed by atoms with Gasteiger partial charge < -0.3 is 19.1 Å². The predicted octanol–water partition coefficient (Wildman–Crippen LogP) is 2.20. The van der Waals surface area contributed by atoms with Crippen LogP contribution in [0, 0.1) is 11.3 Å². The predicted molar refractivity (Wildman–Crippen MR) is 112 cm³/mol. The van der Waals surface area contributed by atoms with Gasteiger partial charge in [-0.05, 0) is 25.0 Å². The highest BCUT2D eigenvalue weighted by Crippen LogP contribution is 2.77. The quantitative estimate of drug-likeness (QED) is 0.544. The van der Waals surface area contributed by atoms with Crippen LogP contribution >= 0.6 is 0 Å². The van der Waals surface area contributed by atoms with Crippen LogP contribution in [0.15, 0.2) is 35.9 Å². The van der Waals surface area contributed by atoms with Gasteiger partial charge in [0.05, 0.1) is 18.6 Å². The number of carbonyl (C=O) groups excluding carboxylic acids is 2. The van der Waals surface area contributed by atoms with Crippen molar-refractivity contribution in [1.82, 2.24) is 4.90 Å². The molecule has 3 saturated heterocycles. The first kappa shape index (κ1) is 19.3. The molecule has 4 fully saturated rings. The Morgan fingerprint density at radius 2 is 2.10 bits per heavy atom. The lowest BCUT2D eigenvalue weighted by molar-refractivity contribution is -0.199. The Balaban J connectivity index is 1.72. The summed E-state index contributed by atoms with van der Waals surface area (Å²) in [7, 11) is 3.52. The molecule has 1 aromatic carbocycles. The van der Waals surface area contributed by atoms with Crippen LogP contribution < -0.4 is 4.90 Å². The highest BCUT2D eigenvalue weighted by molar-refractivity contribution is 5.86. The van der Waals surface area contributed by atoms with E-state index in [0.717, 1.165) is 24.2 Å². The van der Waals surface area contributed by atoms with Crippen molar-refractivity contribution >= 4 is 17.6 Å². The van der Waals surface area contributed by atoms with Gasteiger partial charge in [0.2, 0.25) is 0 Å². The number of benzene rings is 1. The van der Waals surface area contributed by atoms with Gasteiger partial charge in [0, 0.05) is 38.5 Å². The smallest absolute Gasteiger partial charge is 0.317 e. The zero-order valence-corrected chi connectivity index (χ0v) is 18.4. The molecular weight excluding hydrogens is 396 g/mol. The van der Waals surface area contributed by atoms with Gasteiger partial charge in [-0.1, -0.05) is 29.8 Å². The summed E-state index contributed by atoms with van der Waals surface area (Å²) in [5.41, 5.74) is 0.957. The molecule has 0 aromatic heterocycles. The number of hydrogen-bond acceptors (Lipinski definition) is 7. The molecule has 7 heteroatoms. The van der Waals surface area contributed by atoms with Gasteiger partial charge in [0.1, 0.15) is 18.2 Å². The van der Waals surface area contributed by atoms with E-state index in [1.54, 1.807) is 0 Å². The molecule has 0 unspecified atom stereocenters. The van der Waals surface area contributed by atoms with E-state index in [0.29, 0.717) is 6.42 Å². The van der Waals surface area contributed by atoms with Crippen molar-refractivity contribution < 1.29 is 23.8 Å². The molecule has 4 aliphatic heterocycles. The Hall–Kier alpha value is -2.38. The Morgan fingerprint density at radius 1 is 1.32 bits per heavy atom. The number of fused-ring (bicyclic) bond motifs is 4. The first-order valence-corrected chi connectivity index (χ1v) is 11.0. The number of hydrogen-bond donors (Lipinski definition) is 0. The van der Waals surface area contributed by atoms with Crippen molar-refractivity contribution in [3.63, 3.8) is 0 Å². The minimum Gasteiger partial charge on any atom is -0.468 e. The number of carbonyl (C=O) groups is 2. The maximum absolute atomic E-state index is 13.9. The van der Waals surface area contributed by atoms with E-state index in [-0.39, 0.29) is 36.7 Å². The van der Waals surface area contributed by atoms with Crippen LogP contribution in [0.1, 0.15) is 32.3 Å². The molecule has 4 heterocycles. The van der Waals surface area contributed by atoms with Gasteiger partial charge in [0.15, 0.2) is 5.72 Å². The molecule has 0 N–H and O–H groups in total. The van der Waals surface area contributed by atoms with Crippen molar-refractivity contribution in [1.29, 1.82) is 0 Å². The molecule has 164 valence electrons. The molecule has 1 aliphatic carbocycles. The van der Waals surface area contributed by atoms with E-state index in [4.69, 9.17) is 14.2 Å². The molecule has 1 aromatic rings. The largest absolute Gasteiger partial charge is 0.468 e. The summed E-state index contributed by atoms with van der Waals surface area (Å²) in [5, 5.41) is 0. The number of allylic oxidation sites excluding steroid dienone is 1. The summed E-state index contributed by atoms with van der Waals surface area (Å²) in [5.74, 6) is -0.787. The Morgan fingerprint density at radius 3 is 2.81 bits per heavy atom. The number of likely N-dealkylation sites (N-methyl/N-ethyl adjacent to an activating group) is 1. The molecule has 7 nitrogen and oxygen atoms in total. The number of nitrogens with zero attached hydrogens (tertiary/aromatic N) is 2. The number of methoxy groups -OCH3 is 1. The van der Waals surface area contributed by atoms with Crippen molar-refractivity contribution in [2.75, 3.05) is 32.2 Å². The Kier molecular flexibility index (Phi) is 3.67. The average molecular weight is 424 g/mol. The van der Waals surface area contributed by atoms with Gasteiger partial charge >= 0.3 is 11.9 Å². The first-order valence-electron chi connectivity index (χ1n) is 11.0. The van der Waals surface area contributed by atoms with Crippen molar-refractivity contribution in [2.45, 2.75) is 50.1 Å². The van der Waals surface area contributed by atoms with E-state index < -0.39 is 16.6 Å². The normalized spacial score (nSPS) is 42.6. The molecule has 31 heavy (non-hydrogen) atoms. The number of ether oxygens (including phenoxy) is 3. The van der Waals surface area contributed by atoms with Crippen LogP contribution in [-0.2, 0) is 29.2 Å². The van der Waals surface area contributed by atoms with Crippen molar-refractivity contribution in [2.24, 2.45) is 11.3 Å². The van der Waals surface area contributed by atoms with Crippen LogP contribution in [0.25, 0.3) is 0 Å². The summed E-state index contributed by atoms with van der Waals surface area (Å²) in [6.45, 7) is 4.18. The van der Waals surface area contributed by atoms with Crippen LogP contribution in [0.3, 0.4) is 0 Å². The number of esters is 2. The third kappa shape index (κ3) is 1.79. The van der Waals surface area contributed by atoms with Crippen LogP contribution in [0.2, 0.25) is 0 Å². The van der Waals surface area contributed by atoms with Crippen LogP contribution in [0.4, 0.5) is 5.69 Å². The zero-order chi connectivity index (χ0) is 21.8. The first-order chi connectivity index (χ1) is 14.9. The third-order valence-corrected chi connectivity index (χ3v) is 8.91.